The van der Waals surface area contributed by atoms with E-state index in [-0.39, 0.29) is 22.5 Å². The largest absolute Gasteiger partial charge is 0.435 e. The highest BCUT2D eigenvalue weighted by molar-refractivity contribution is 6.23. The standard InChI is InChI=1S/C19H7F5N4O/c20-11-5-6-12(13(21)7-11)14-16-15(10-3-1-9(8-25)2-4-10)26-18(29)28(16)27-17(14)19(22,23)24/h1-7H. The lowest BCUT2D eigenvalue weighted by molar-refractivity contribution is -0.140. The van der Waals surface area contributed by atoms with E-state index in [1.54, 1.807) is 0 Å². The third kappa shape index (κ3) is 2.97. The van der Waals surface area contributed by atoms with Crippen LogP contribution in [-0.2, 0) is 6.18 Å². The van der Waals surface area contributed by atoms with Crippen molar-refractivity contribution in [3.8, 4) is 17.2 Å². The first-order chi connectivity index (χ1) is 13.7. The Kier molecular flexibility index (Phi) is 4.04. The Balaban J connectivity index is 2.01. The summed E-state index contributed by atoms with van der Waals surface area (Å²) in [5, 5.41) is 12.2. The lowest BCUT2D eigenvalue weighted by Crippen LogP contribution is -2.11. The zero-order valence-corrected chi connectivity index (χ0v) is 14.1. The minimum Gasteiger partial charge on any atom is -0.244 e. The van der Waals surface area contributed by atoms with Gasteiger partial charge in [-0.3, -0.25) is 0 Å². The number of nitriles is 1. The zero-order chi connectivity index (χ0) is 20.9. The highest BCUT2D eigenvalue weighted by Gasteiger charge is 2.44. The highest BCUT2D eigenvalue weighted by Crippen LogP contribution is 2.41. The Hall–Kier alpha value is -3.87. The predicted octanol–water partition coefficient (Wildman–Crippen LogP) is 4.54. The monoisotopic (exact) mass is 402 g/mol. The molecule has 2 aromatic carbocycles. The molecule has 10 heteroatoms. The summed E-state index contributed by atoms with van der Waals surface area (Å²) in [7, 11) is 0. The number of rotatable bonds is 2. The number of carbonyl (C=O) groups is 1. The van der Waals surface area contributed by atoms with E-state index in [4.69, 9.17) is 5.26 Å². The number of carbonyl (C=O) groups excluding carboxylic acids is 1. The fraction of sp³-hybridized carbons (Fsp3) is 0.0526. The van der Waals surface area contributed by atoms with Crippen molar-refractivity contribution < 1.29 is 26.7 Å². The van der Waals surface area contributed by atoms with E-state index in [1.807, 2.05) is 6.07 Å². The summed E-state index contributed by atoms with van der Waals surface area (Å²) >= 11 is 0. The number of aliphatic imine (C=N–C) groups is 1. The number of amides is 1. The number of fused-ring (bicyclic) bond motifs is 1. The number of hydrogen-bond donors (Lipinski definition) is 0. The molecule has 0 saturated carbocycles. The van der Waals surface area contributed by atoms with Crippen LogP contribution in [0.2, 0.25) is 0 Å². The molecule has 0 saturated heterocycles. The minimum atomic E-state index is -5.01. The number of halogens is 5. The molecule has 4 rings (SSSR count). The number of benzene rings is 2. The molecule has 1 aromatic heterocycles. The van der Waals surface area contributed by atoms with E-state index in [2.05, 4.69) is 10.1 Å². The lowest BCUT2D eigenvalue weighted by Gasteiger charge is -2.10. The van der Waals surface area contributed by atoms with Crippen molar-refractivity contribution in [1.82, 2.24) is 9.78 Å². The molecule has 0 N–H and O–H groups in total. The predicted molar refractivity (Wildman–Crippen MR) is 90.2 cm³/mol. The van der Waals surface area contributed by atoms with Gasteiger partial charge < -0.3 is 0 Å². The molecule has 0 fully saturated rings. The first-order valence-electron chi connectivity index (χ1n) is 8.00. The van der Waals surface area contributed by atoms with E-state index in [0.29, 0.717) is 10.7 Å². The van der Waals surface area contributed by atoms with Gasteiger partial charge >= 0.3 is 12.2 Å². The van der Waals surface area contributed by atoms with Crippen molar-refractivity contribution in [3.63, 3.8) is 0 Å². The fourth-order valence-corrected chi connectivity index (χ4v) is 3.02. The quantitative estimate of drug-likeness (QED) is 0.591. The number of aromatic nitrogens is 2. The van der Waals surface area contributed by atoms with Crippen molar-refractivity contribution in [1.29, 1.82) is 5.26 Å². The Morgan fingerprint density at radius 2 is 1.72 bits per heavy atom. The summed E-state index contributed by atoms with van der Waals surface area (Å²) in [6.45, 7) is 0. The van der Waals surface area contributed by atoms with Crippen LogP contribution in [-0.4, -0.2) is 21.5 Å². The van der Waals surface area contributed by atoms with Crippen LogP contribution in [0, 0.1) is 23.0 Å². The molecule has 0 atom stereocenters. The number of hydrogen-bond acceptors (Lipinski definition) is 3. The molecular weight excluding hydrogens is 395 g/mol. The normalized spacial score (nSPS) is 13.2. The first kappa shape index (κ1) is 18.5. The Bertz CT molecular complexity index is 1230. The third-order valence-electron chi connectivity index (χ3n) is 4.25. The zero-order valence-electron chi connectivity index (χ0n) is 14.1. The van der Waals surface area contributed by atoms with Crippen molar-refractivity contribution in [2.45, 2.75) is 6.18 Å². The Labute approximate surface area is 159 Å². The maximum Gasteiger partial charge on any atom is 0.435 e. The van der Waals surface area contributed by atoms with Gasteiger partial charge in [-0.25, -0.2) is 13.6 Å². The van der Waals surface area contributed by atoms with Crippen LogP contribution in [0.5, 0.6) is 0 Å². The summed E-state index contributed by atoms with van der Waals surface area (Å²) in [4.78, 5) is 15.9. The topological polar surface area (TPSA) is 71.0 Å². The molecule has 3 aromatic rings. The van der Waals surface area contributed by atoms with Crippen molar-refractivity contribution in [2.24, 2.45) is 4.99 Å². The van der Waals surface area contributed by atoms with Crippen LogP contribution < -0.4 is 0 Å². The van der Waals surface area contributed by atoms with Crippen LogP contribution in [0.4, 0.5) is 26.7 Å². The van der Waals surface area contributed by atoms with Crippen molar-refractivity contribution in [3.05, 3.63) is 76.6 Å². The van der Waals surface area contributed by atoms with Gasteiger partial charge in [0.25, 0.3) is 0 Å². The van der Waals surface area contributed by atoms with Gasteiger partial charge in [-0.15, -0.1) is 0 Å². The molecule has 144 valence electrons. The molecule has 1 aliphatic rings. The summed E-state index contributed by atoms with van der Waals surface area (Å²) in [5.41, 5.74) is -2.80. The van der Waals surface area contributed by atoms with Crippen LogP contribution in [0.1, 0.15) is 22.5 Å². The summed E-state index contributed by atoms with van der Waals surface area (Å²) < 4.78 is 68.9. The molecule has 0 spiro atoms. The van der Waals surface area contributed by atoms with Gasteiger partial charge in [0.1, 0.15) is 23.0 Å². The second-order valence-corrected chi connectivity index (χ2v) is 6.04. The number of alkyl halides is 3. The van der Waals surface area contributed by atoms with E-state index in [1.165, 1.54) is 24.3 Å². The molecule has 5 nitrogen and oxygen atoms in total. The van der Waals surface area contributed by atoms with E-state index >= 15 is 0 Å². The summed E-state index contributed by atoms with van der Waals surface area (Å²) in [6.07, 6.45) is -5.01. The molecule has 29 heavy (non-hydrogen) atoms. The minimum absolute atomic E-state index is 0.166. The van der Waals surface area contributed by atoms with Gasteiger partial charge in [0, 0.05) is 22.8 Å². The van der Waals surface area contributed by atoms with Gasteiger partial charge in [0.15, 0.2) is 5.69 Å². The highest BCUT2D eigenvalue weighted by atomic mass is 19.4. The van der Waals surface area contributed by atoms with Gasteiger partial charge in [-0.1, -0.05) is 12.1 Å². The maximum absolute atomic E-state index is 14.4. The molecule has 0 unspecified atom stereocenters. The van der Waals surface area contributed by atoms with Gasteiger partial charge in [-0.05, 0) is 24.3 Å². The van der Waals surface area contributed by atoms with Gasteiger partial charge in [0.05, 0.1) is 11.6 Å². The number of nitrogens with zero attached hydrogens (tertiary/aromatic N) is 4. The van der Waals surface area contributed by atoms with E-state index < -0.39 is 40.7 Å². The van der Waals surface area contributed by atoms with E-state index in [0.717, 1.165) is 12.1 Å². The molecule has 0 aliphatic carbocycles. The first-order valence-corrected chi connectivity index (χ1v) is 8.00. The lowest BCUT2D eigenvalue weighted by atomic mass is 9.96. The van der Waals surface area contributed by atoms with Gasteiger partial charge in [-0.2, -0.15) is 33.2 Å². The van der Waals surface area contributed by atoms with Crippen LogP contribution in [0.15, 0.2) is 47.5 Å². The smallest absolute Gasteiger partial charge is 0.244 e. The SMILES string of the molecule is N#Cc1ccc(C2=NC(=O)n3nc(C(F)(F)F)c(-c4ccc(F)cc4F)c32)cc1. The van der Waals surface area contributed by atoms with Crippen LogP contribution >= 0.6 is 0 Å². The van der Waals surface area contributed by atoms with Crippen LogP contribution in [0.25, 0.3) is 11.1 Å². The van der Waals surface area contributed by atoms with Crippen LogP contribution in [0.3, 0.4) is 0 Å². The Morgan fingerprint density at radius 3 is 2.31 bits per heavy atom. The second-order valence-electron chi connectivity index (χ2n) is 6.04. The average molecular weight is 402 g/mol. The molecule has 2 heterocycles. The van der Waals surface area contributed by atoms with E-state index in [9.17, 15) is 26.7 Å². The molecular formula is C19H7F5N4O. The molecule has 0 radical (unpaired) electrons. The fourth-order valence-electron chi connectivity index (χ4n) is 3.02. The Morgan fingerprint density at radius 1 is 1.03 bits per heavy atom. The second kappa shape index (κ2) is 6.34. The molecule has 0 bridgehead atoms. The molecule has 1 aliphatic heterocycles. The average Bonchev–Trinajstić information content (AvgIpc) is 3.20. The summed E-state index contributed by atoms with van der Waals surface area (Å²) in [6, 6.07) is 8.47. The third-order valence-corrected chi connectivity index (χ3v) is 4.25. The summed E-state index contributed by atoms with van der Waals surface area (Å²) in [5.74, 6) is -2.22. The van der Waals surface area contributed by atoms with Crippen molar-refractivity contribution >= 4 is 11.7 Å². The van der Waals surface area contributed by atoms with Crippen molar-refractivity contribution in [2.75, 3.05) is 0 Å². The van der Waals surface area contributed by atoms with Gasteiger partial charge in [0.2, 0.25) is 0 Å². The maximum atomic E-state index is 14.4. The molecule has 1 amide bonds.